The molecular weight excluding hydrogens is 612 g/mol. The first-order chi connectivity index (χ1) is 21.6. The predicted molar refractivity (Wildman–Crippen MR) is 177 cm³/mol. The molecule has 0 spiro atoms. The Balaban J connectivity index is 1.44. The molecule has 13 heteroatoms. The maximum absolute atomic E-state index is 13.7. The number of hydrogen-bond donors (Lipinski definition) is 0. The average molecular weight is 651 g/mol. The summed E-state index contributed by atoms with van der Waals surface area (Å²) in [5.74, 6) is 1.92. The fraction of sp³-hybridized carbons (Fsp3) is 0.406. The molecule has 3 aromatic heterocycles. The number of fused-ring (bicyclic) bond motifs is 1. The second-order valence-corrected chi connectivity index (χ2v) is 18.2. The van der Waals surface area contributed by atoms with Crippen LogP contribution in [0.3, 0.4) is 0 Å². The standard InChI is InChI=1S/C32H39ClN6O5Si/c1-6-16-37-30-27(31(40)38(17-7-2)32(37)41)39(21-42-18-19-45(3,4)5)29(35-30)23-10-14-25(15-11-23)43-20-26-34-28(36-44-26)22-8-12-24(33)13-9-22/h8-15H,6-7,16-21H2,1-5H3. The van der Waals surface area contributed by atoms with Crippen LogP contribution in [0.2, 0.25) is 30.7 Å². The molecule has 3 heterocycles. The number of rotatable bonds is 14. The lowest BCUT2D eigenvalue weighted by Crippen LogP contribution is -2.40. The van der Waals surface area contributed by atoms with Crippen LogP contribution in [0.25, 0.3) is 33.9 Å². The predicted octanol–water partition coefficient (Wildman–Crippen LogP) is 6.44. The molecule has 5 aromatic rings. The van der Waals surface area contributed by atoms with Gasteiger partial charge in [0.2, 0.25) is 5.82 Å². The van der Waals surface area contributed by atoms with Crippen molar-refractivity contribution in [2.45, 2.75) is 78.8 Å². The van der Waals surface area contributed by atoms with E-state index in [-0.39, 0.29) is 24.6 Å². The van der Waals surface area contributed by atoms with E-state index in [1.54, 1.807) is 21.3 Å². The van der Waals surface area contributed by atoms with Gasteiger partial charge in [0.15, 0.2) is 17.8 Å². The number of aromatic nitrogens is 6. The lowest BCUT2D eigenvalue weighted by atomic mass is 10.2. The molecule has 0 aliphatic rings. The minimum atomic E-state index is -1.32. The van der Waals surface area contributed by atoms with Gasteiger partial charge in [-0.1, -0.05) is 50.2 Å². The fourth-order valence-electron chi connectivity index (χ4n) is 4.89. The highest BCUT2D eigenvalue weighted by Gasteiger charge is 2.23. The van der Waals surface area contributed by atoms with Crippen molar-refractivity contribution >= 4 is 30.8 Å². The lowest BCUT2D eigenvalue weighted by molar-refractivity contribution is 0.0907. The number of ether oxygens (including phenoxy) is 2. The van der Waals surface area contributed by atoms with Crippen molar-refractivity contribution in [3.05, 3.63) is 80.3 Å². The Hall–Kier alpha value is -4.00. The van der Waals surface area contributed by atoms with Gasteiger partial charge in [0.25, 0.3) is 11.4 Å². The van der Waals surface area contributed by atoms with E-state index in [4.69, 9.17) is 30.6 Å². The molecule has 0 aliphatic carbocycles. The lowest BCUT2D eigenvalue weighted by Gasteiger charge is -2.16. The van der Waals surface area contributed by atoms with Gasteiger partial charge in [0.1, 0.15) is 18.3 Å². The van der Waals surface area contributed by atoms with Crippen molar-refractivity contribution in [3.63, 3.8) is 0 Å². The highest BCUT2D eigenvalue weighted by Crippen LogP contribution is 2.26. The Bertz CT molecular complexity index is 1870. The van der Waals surface area contributed by atoms with Gasteiger partial charge in [-0.3, -0.25) is 18.5 Å². The number of benzene rings is 2. The Kier molecular flexibility index (Phi) is 10.1. The third kappa shape index (κ3) is 7.46. The minimum Gasteiger partial charge on any atom is -0.484 e. The third-order valence-electron chi connectivity index (χ3n) is 7.27. The molecule has 5 rings (SSSR count). The zero-order valence-electron chi connectivity index (χ0n) is 26.4. The summed E-state index contributed by atoms with van der Waals surface area (Å²) >= 11 is 5.97. The average Bonchev–Trinajstić information content (AvgIpc) is 3.64. The Morgan fingerprint density at radius 3 is 2.20 bits per heavy atom. The fourth-order valence-corrected chi connectivity index (χ4v) is 5.77. The molecular formula is C32H39ClN6O5Si. The Morgan fingerprint density at radius 2 is 1.53 bits per heavy atom. The van der Waals surface area contributed by atoms with Crippen molar-refractivity contribution in [2.75, 3.05) is 6.61 Å². The first-order valence-electron chi connectivity index (χ1n) is 15.2. The number of hydrogen-bond acceptors (Lipinski definition) is 8. The van der Waals surface area contributed by atoms with Gasteiger partial charge < -0.3 is 14.0 Å². The number of halogens is 1. The van der Waals surface area contributed by atoms with E-state index in [2.05, 4.69) is 29.8 Å². The van der Waals surface area contributed by atoms with Gasteiger partial charge in [0, 0.05) is 43.9 Å². The summed E-state index contributed by atoms with van der Waals surface area (Å²) in [6, 6.07) is 15.5. The third-order valence-corrected chi connectivity index (χ3v) is 9.23. The summed E-state index contributed by atoms with van der Waals surface area (Å²) in [7, 11) is -1.32. The van der Waals surface area contributed by atoms with Crippen LogP contribution in [-0.4, -0.2) is 43.5 Å². The van der Waals surface area contributed by atoms with Gasteiger partial charge in [-0.25, -0.2) is 9.78 Å². The van der Waals surface area contributed by atoms with Crippen LogP contribution in [-0.2, 0) is 31.2 Å². The van der Waals surface area contributed by atoms with E-state index in [9.17, 15) is 9.59 Å². The second kappa shape index (κ2) is 14.0. The molecule has 11 nitrogen and oxygen atoms in total. The van der Waals surface area contributed by atoms with Crippen molar-refractivity contribution < 1.29 is 14.0 Å². The van der Waals surface area contributed by atoms with Crippen LogP contribution >= 0.6 is 11.6 Å². The topological polar surface area (TPSA) is 119 Å². The smallest absolute Gasteiger partial charge is 0.332 e. The maximum atomic E-state index is 13.7. The van der Waals surface area contributed by atoms with Crippen LogP contribution < -0.4 is 16.0 Å². The Morgan fingerprint density at radius 1 is 0.867 bits per heavy atom. The highest BCUT2D eigenvalue weighted by molar-refractivity contribution is 6.76. The van der Waals surface area contributed by atoms with E-state index in [0.29, 0.717) is 65.6 Å². The molecule has 0 fully saturated rings. The SMILES string of the molecule is CCCn1c(=O)c2c(nc(-c3ccc(OCc4nc(-c5ccc(Cl)cc5)no4)cc3)n2COCC[Si](C)(C)C)n(CCC)c1=O. The van der Waals surface area contributed by atoms with Crippen LogP contribution in [0, 0.1) is 0 Å². The van der Waals surface area contributed by atoms with E-state index in [0.717, 1.165) is 23.6 Å². The summed E-state index contributed by atoms with van der Waals surface area (Å²) in [6.07, 6.45) is 1.38. The van der Waals surface area contributed by atoms with Crippen molar-refractivity contribution in [3.8, 4) is 28.5 Å². The highest BCUT2D eigenvalue weighted by atomic mass is 35.5. The van der Waals surface area contributed by atoms with E-state index in [1.165, 1.54) is 4.57 Å². The van der Waals surface area contributed by atoms with Crippen molar-refractivity contribution in [1.29, 1.82) is 0 Å². The van der Waals surface area contributed by atoms with Crippen molar-refractivity contribution in [1.82, 2.24) is 28.8 Å². The first-order valence-corrected chi connectivity index (χ1v) is 19.3. The normalized spacial score (nSPS) is 11.9. The summed E-state index contributed by atoms with van der Waals surface area (Å²) in [5, 5.41) is 4.65. The van der Waals surface area contributed by atoms with Crippen molar-refractivity contribution in [2.24, 2.45) is 0 Å². The zero-order valence-corrected chi connectivity index (χ0v) is 28.1. The maximum Gasteiger partial charge on any atom is 0.332 e. The Labute approximate surface area is 267 Å². The monoisotopic (exact) mass is 650 g/mol. The summed E-state index contributed by atoms with van der Waals surface area (Å²) < 4.78 is 22.1. The molecule has 0 amide bonds. The largest absolute Gasteiger partial charge is 0.484 e. The van der Waals surface area contributed by atoms with E-state index >= 15 is 0 Å². The van der Waals surface area contributed by atoms with E-state index in [1.807, 2.05) is 50.2 Å². The molecule has 2 aromatic carbocycles. The zero-order chi connectivity index (χ0) is 32.1. The van der Waals surface area contributed by atoms with Gasteiger partial charge in [-0.15, -0.1) is 0 Å². The summed E-state index contributed by atoms with van der Waals surface area (Å²) in [4.78, 5) is 36.4. The van der Waals surface area contributed by atoms with Gasteiger partial charge >= 0.3 is 5.69 Å². The van der Waals surface area contributed by atoms with Gasteiger partial charge in [0.05, 0.1) is 0 Å². The van der Waals surface area contributed by atoms with Gasteiger partial charge in [-0.05, 0) is 67.4 Å². The van der Waals surface area contributed by atoms with Crippen LogP contribution in [0.5, 0.6) is 5.75 Å². The molecule has 0 aliphatic heterocycles. The molecule has 45 heavy (non-hydrogen) atoms. The van der Waals surface area contributed by atoms with Crippen LogP contribution in [0.4, 0.5) is 0 Å². The summed E-state index contributed by atoms with van der Waals surface area (Å²) in [6.45, 7) is 12.4. The van der Waals surface area contributed by atoms with E-state index < -0.39 is 8.07 Å². The first kappa shape index (κ1) is 32.4. The number of nitrogens with zero attached hydrogens (tertiary/aromatic N) is 6. The molecule has 0 bridgehead atoms. The second-order valence-electron chi connectivity index (χ2n) is 12.1. The van der Waals surface area contributed by atoms with Crippen LogP contribution in [0.1, 0.15) is 32.6 Å². The molecule has 0 saturated heterocycles. The van der Waals surface area contributed by atoms with Gasteiger partial charge in [-0.2, -0.15) is 4.98 Å². The summed E-state index contributed by atoms with van der Waals surface area (Å²) in [5.41, 5.74) is 1.60. The minimum absolute atomic E-state index is 0.0869. The van der Waals surface area contributed by atoms with Crippen LogP contribution in [0.15, 0.2) is 62.6 Å². The molecule has 0 saturated carbocycles. The molecule has 0 N–H and O–H groups in total. The number of aryl methyl sites for hydroxylation is 1. The number of imidazole rings is 1. The molecule has 0 unspecified atom stereocenters. The molecule has 0 atom stereocenters. The molecule has 0 radical (unpaired) electrons. The quantitative estimate of drug-likeness (QED) is 0.0995. The molecule has 238 valence electrons.